The van der Waals surface area contributed by atoms with Gasteiger partial charge in [-0.2, -0.15) is 0 Å². The van der Waals surface area contributed by atoms with Crippen LogP contribution in [0.1, 0.15) is 59.3 Å². The first-order valence-corrected chi connectivity index (χ1v) is 10.8. The van der Waals surface area contributed by atoms with Crippen molar-refractivity contribution in [1.82, 2.24) is 16.0 Å². The van der Waals surface area contributed by atoms with Crippen molar-refractivity contribution >= 4 is 23.7 Å². The first kappa shape index (κ1) is 28.8. The van der Waals surface area contributed by atoms with E-state index in [1.165, 1.54) is 6.92 Å². The van der Waals surface area contributed by atoms with Crippen LogP contribution < -0.4 is 33.2 Å². The van der Waals surface area contributed by atoms with Crippen molar-refractivity contribution in [2.24, 2.45) is 23.1 Å². The molecule has 0 radical (unpaired) electrons. The molecule has 0 unspecified atom stereocenters. The van der Waals surface area contributed by atoms with Crippen LogP contribution in [-0.2, 0) is 19.2 Å². The van der Waals surface area contributed by atoms with Crippen LogP contribution in [-0.4, -0.2) is 66.1 Å². The van der Waals surface area contributed by atoms with Crippen molar-refractivity contribution in [3.8, 4) is 0 Å². The second kappa shape index (κ2) is 15.5. The number of unbranched alkanes of at least 4 members (excludes halogenated alkanes) is 2. The van der Waals surface area contributed by atoms with Crippen molar-refractivity contribution in [3.05, 3.63) is 0 Å². The summed E-state index contributed by atoms with van der Waals surface area (Å²) in [4.78, 5) is 49.1. The van der Waals surface area contributed by atoms with E-state index in [4.69, 9.17) is 17.2 Å². The predicted molar refractivity (Wildman–Crippen MR) is 118 cm³/mol. The third-order valence-corrected chi connectivity index (χ3v) is 4.80. The smallest absolute Gasteiger partial charge is 0.326 e. The van der Waals surface area contributed by atoms with Gasteiger partial charge in [-0.05, 0) is 64.5 Å². The number of nitrogens with two attached hydrogens (primary N) is 3. The summed E-state index contributed by atoms with van der Waals surface area (Å²) >= 11 is 0. The molecular weight excluding hydrogens is 404 g/mol. The molecule has 3 amide bonds. The van der Waals surface area contributed by atoms with Crippen LogP contribution in [0.2, 0.25) is 0 Å². The van der Waals surface area contributed by atoms with Crippen LogP contribution in [0.4, 0.5) is 0 Å². The van der Waals surface area contributed by atoms with Crippen LogP contribution in [0.25, 0.3) is 0 Å². The molecule has 0 aromatic rings. The lowest BCUT2D eigenvalue weighted by molar-refractivity contribution is -0.142. The molecule has 0 rings (SSSR count). The first-order chi connectivity index (χ1) is 14.5. The Morgan fingerprint density at radius 3 is 1.65 bits per heavy atom. The Labute approximate surface area is 184 Å². The summed E-state index contributed by atoms with van der Waals surface area (Å²) < 4.78 is 0. The second-order valence-corrected chi connectivity index (χ2v) is 8.05. The maximum absolute atomic E-state index is 12.8. The van der Waals surface area contributed by atoms with Crippen molar-refractivity contribution < 1.29 is 24.3 Å². The molecule has 4 atom stereocenters. The van der Waals surface area contributed by atoms with E-state index < -0.39 is 47.9 Å². The molecule has 0 aromatic heterocycles. The number of carboxylic acid groups (broad SMARTS) is 1. The highest BCUT2D eigenvalue weighted by Crippen LogP contribution is 2.08. The van der Waals surface area contributed by atoms with E-state index in [1.807, 2.05) is 0 Å². The van der Waals surface area contributed by atoms with Gasteiger partial charge in [-0.1, -0.05) is 13.8 Å². The number of amides is 3. The summed E-state index contributed by atoms with van der Waals surface area (Å²) in [6, 6.07) is -3.71. The monoisotopic (exact) mass is 444 g/mol. The Morgan fingerprint density at radius 1 is 0.742 bits per heavy atom. The van der Waals surface area contributed by atoms with Crippen LogP contribution in [0.15, 0.2) is 0 Å². The highest BCUT2D eigenvalue weighted by molar-refractivity contribution is 5.94. The van der Waals surface area contributed by atoms with Crippen molar-refractivity contribution in [3.63, 3.8) is 0 Å². The fourth-order valence-corrected chi connectivity index (χ4v) is 2.87. The molecule has 0 fully saturated rings. The number of carbonyl (C=O) groups excluding carboxylic acids is 3. The average Bonchev–Trinajstić information content (AvgIpc) is 2.69. The molecule has 0 aliphatic carbocycles. The van der Waals surface area contributed by atoms with Gasteiger partial charge in [0.05, 0.1) is 6.04 Å². The van der Waals surface area contributed by atoms with E-state index in [9.17, 15) is 24.3 Å². The van der Waals surface area contributed by atoms with Gasteiger partial charge in [-0.15, -0.1) is 0 Å². The number of carboxylic acids is 1. The summed E-state index contributed by atoms with van der Waals surface area (Å²) in [5.74, 6) is -3.07. The maximum atomic E-state index is 12.8. The Morgan fingerprint density at radius 2 is 1.23 bits per heavy atom. The normalized spacial score (nSPS) is 14.9. The minimum atomic E-state index is -1.15. The fraction of sp³-hybridized carbons (Fsp3) is 0.800. The standard InChI is InChI=1S/C20H40N6O5/c1-12(2)16(19(29)25-15(20(30)31)9-5-7-11-22)26-18(28)14(8-4-6-10-21)24-17(27)13(3)23/h12-16H,4-11,21-23H2,1-3H3,(H,24,27)(H,25,29)(H,26,28)(H,30,31)/t13-,14-,15-,16-/m0/s1. The third-order valence-electron chi connectivity index (χ3n) is 4.80. The number of carbonyl (C=O) groups is 4. The lowest BCUT2D eigenvalue weighted by atomic mass is 10.0. The van der Waals surface area contributed by atoms with E-state index in [0.29, 0.717) is 45.2 Å². The van der Waals surface area contributed by atoms with Crippen LogP contribution in [0.3, 0.4) is 0 Å². The first-order valence-electron chi connectivity index (χ1n) is 10.8. The van der Waals surface area contributed by atoms with E-state index in [-0.39, 0.29) is 12.3 Å². The highest BCUT2D eigenvalue weighted by Gasteiger charge is 2.31. The predicted octanol–water partition coefficient (Wildman–Crippen LogP) is -1.21. The van der Waals surface area contributed by atoms with E-state index in [2.05, 4.69) is 16.0 Å². The zero-order valence-corrected chi connectivity index (χ0v) is 18.9. The quantitative estimate of drug-likeness (QED) is 0.143. The molecule has 0 aliphatic rings. The average molecular weight is 445 g/mol. The summed E-state index contributed by atoms with van der Waals surface area (Å²) in [5, 5.41) is 17.1. The van der Waals surface area contributed by atoms with Crippen molar-refractivity contribution in [1.29, 1.82) is 0 Å². The largest absolute Gasteiger partial charge is 0.480 e. The van der Waals surface area contributed by atoms with Gasteiger partial charge in [0.25, 0.3) is 0 Å². The fourth-order valence-electron chi connectivity index (χ4n) is 2.87. The molecule has 10 N–H and O–H groups in total. The number of hydrogen-bond acceptors (Lipinski definition) is 7. The minimum Gasteiger partial charge on any atom is -0.480 e. The molecule has 0 aliphatic heterocycles. The van der Waals surface area contributed by atoms with Gasteiger partial charge in [-0.3, -0.25) is 14.4 Å². The summed E-state index contributed by atoms with van der Waals surface area (Å²) in [5.41, 5.74) is 16.5. The molecule has 180 valence electrons. The Hall–Kier alpha value is -2.24. The molecule has 0 spiro atoms. The van der Waals surface area contributed by atoms with Gasteiger partial charge < -0.3 is 38.3 Å². The second-order valence-electron chi connectivity index (χ2n) is 8.05. The van der Waals surface area contributed by atoms with Gasteiger partial charge in [0.15, 0.2) is 0 Å². The van der Waals surface area contributed by atoms with E-state index >= 15 is 0 Å². The summed E-state index contributed by atoms with van der Waals surface area (Å²) in [7, 11) is 0. The van der Waals surface area contributed by atoms with Gasteiger partial charge in [-0.25, -0.2) is 4.79 Å². The van der Waals surface area contributed by atoms with Gasteiger partial charge in [0.2, 0.25) is 17.7 Å². The van der Waals surface area contributed by atoms with Crippen LogP contribution >= 0.6 is 0 Å². The minimum absolute atomic E-state index is 0.239. The lowest BCUT2D eigenvalue weighted by Crippen LogP contribution is -2.58. The molecule has 0 heterocycles. The van der Waals surface area contributed by atoms with Gasteiger partial charge in [0, 0.05) is 0 Å². The van der Waals surface area contributed by atoms with Gasteiger partial charge >= 0.3 is 5.97 Å². The summed E-state index contributed by atoms with van der Waals surface area (Å²) in [6.45, 7) is 5.86. The third kappa shape index (κ3) is 11.7. The van der Waals surface area contributed by atoms with Crippen molar-refractivity contribution in [2.45, 2.75) is 83.5 Å². The number of nitrogens with one attached hydrogen (secondary N) is 3. The number of hydrogen-bond donors (Lipinski definition) is 7. The Kier molecular flexibility index (Phi) is 14.4. The SMILES string of the molecule is CC(C)[C@H](NC(=O)[C@H](CCCCN)NC(=O)[C@H](C)N)C(=O)N[C@@H](CCCCN)C(=O)O. The topological polar surface area (TPSA) is 203 Å². The zero-order valence-electron chi connectivity index (χ0n) is 18.9. The summed E-state index contributed by atoms with van der Waals surface area (Å²) in [6.07, 6.45) is 3.06. The van der Waals surface area contributed by atoms with E-state index in [1.54, 1.807) is 13.8 Å². The molecule has 0 saturated carbocycles. The van der Waals surface area contributed by atoms with Crippen LogP contribution in [0.5, 0.6) is 0 Å². The molecule has 31 heavy (non-hydrogen) atoms. The van der Waals surface area contributed by atoms with Crippen molar-refractivity contribution in [2.75, 3.05) is 13.1 Å². The molecule has 11 nitrogen and oxygen atoms in total. The van der Waals surface area contributed by atoms with E-state index in [0.717, 1.165) is 0 Å². The van der Waals surface area contributed by atoms with Gasteiger partial charge in [0.1, 0.15) is 18.1 Å². The molecular formula is C20H40N6O5. The Balaban J connectivity index is 5.25. The number of aliphatic carboxylic acids is 1. The molecule has 0 aromatic carbocycles. The Bertz CT molecular complexity index is 584. The number of rotatable bonds is 16. The highest BCUT2D eigenvalue weighted by atomic mass is 16.4. The zero-order chi connectivity index (χ0) is 24.0. The molecule has 0 saturated heterocycles. The lowest BCUT2D eigenvalue weighted by Gasteiger charge is -2.27. The van der Waals surface area contributed by atoms with Crippen LogP contribution in [0, 0.1) is 5.92 Å². The molecule has 11 heteroatoms. The molecule has 0 bridgehead atoms. The maximum Gasteiger partial charge on any atom is 0.326 e.